The number of aromatic nitrogens is 4. The smallest absolute Gasteiger partial charge is 0.222 e. The number of hydrogen-bond donors (Lipinski definition) is 2. The summed E-state index contributed by atoms with van der Waals surface area (Å²) in [6.07, 6.45) is 3.11. The van der Waals surface area contributed by atoms with E-state index in [0.29, 0.717) is 29.0 Å². The lowest BCUT2D eigenvalue weighted by Gasteiger charge is -2.06. The van der Waals surface area contributed by atoms with Crippen molar-refractivity contribution >= 4 is 22.8 Å². The predicted molar refractivity (Wildman–Crippen MR) is 69.6 cm³/mol. The molecule has 0 amide bonds. The number of halogens is 1. The van der Waals surface area contributed by atoms with Crippen LogP contribution in [0.15, 0.2) is 30.7 Å². The fourth-order valence-corrected chi connectivity index (χ4v) is 1.86. The van der Waals surface area contributed by atoms with Crippen LogP contribution in [0.5, 0.6) is 0 Å². The van der Waals surface area contributed by atoms with Crippen molar-refractivity contribution in [2.24, 2.45) is 0 Å². The van der Waals surface area contributed by atoms with Gasteiger partial charge in [-0.25, -0.2) is 14.4 Å². The molecule has 1 aromatic carbocycles. The van der Waals surface area contributed by atoms with Gasteiger partial charge in [-0.1, -0.05) is 6.07 Å². The van der Waals surface area contributed by atoms with E-state index in [1.807, 2.05) is 0 Å². The molecule has 0 aliphatic rings. The van der Waals surface area contributed by atoms with Gasteiger partial charge in [0.2, 0.25) is 5.95 Å². The molecule has 0 aliphatic heterocycles. The fourth-order valence-electron chi connectivity index (χ4n) is 1.86. The summed E-state index contributed by atoms with van der Waals surface area (Å²) in [5, 5.41) is 0. The lowest BCUT2D eigenvalue weighted by Crippen LogP contribution is -2.03. The van der Waals surface area contributed by atoms with E-state index >= 15 is 0 Å². The molecule has 6 nitrogen and oxygen atoms in total. The number of anilines is 2. The van der Waals surface area contributed by atoms with Crippen LogP contribution < -0.4 is 11.5 Å². The largest absolute Gasteiger partial charge is 0.399 e. The zero-order valence-corrected chi connectivity index (χ0v) is 9.92. The van der Waals surface area contributed by atoms with E-state index < -0.39 is 0 Å². The highest BCUT2D eigenvalue weighted by Gasteiger charge is 2.08. The van der Waals surface area contributed by atoms with Crippen LogP contribution >= 0.6 is 0 Å². The first kappa shape index (κ1) is 11.4. The maximum atomic E-state index is 13.8. The molecule has 0 radical (unpaired) electrons. The van der Waals surface area contributed by atoms with Gasteiger partial charge in [-0.2, -0.15) is 4.98 Å². The predicted octanol–water partition coefficient (Wildman–Crippen LogP) is 1.18. The summed E-state index contributed by atoms with van der Waals surface area (Å²) < 4.78 is 15.5. The molecule has 2 aromatic heterocycles. The Labute approximate surface area is 107 Å². The van der Waals surface area contributed by atoms with Gasteiger partial charge >= 0.3 is 0 Å². The highest BCUT2D eigenvalue weighted by molar-refractivity contribution is 5.70. The molecule has 0 atom stereocenters. The monoisotopic (exact) mass is 258 g/mol. The second-order valence-electron chi connectivity index (χ2n) is 4.16. The van der Waals surface area contributed by atoms with Crippen molar-refractivity contribution in [2.75, 3.05) is 11.5 Å². The Morgan fingerprint density at radius 1 is 1.21 bits per heavy atom. The Hall–Kier alpha value is -2.70. The molecule has 96 valence electrons. The second kappa shape index (κ2) is 4.20. The second-order valence-corrected chi connectivity index (χ2v) is 4.16. The first-order valence-electron chi connectivity index (χ1n) is 5.61. The van der Waals surface area contributed by atoms with Crippen LogP contribution in [-0.2, 0) is 6.54 Å². The molecule has 7 heteroatoms. The summed E-state index contributed by atoms with van der Waals surface area (Å²) in [6.45, 7) is 0.305. The van der Waals surface area contributed by atoms with Crippen molar-refractivity contribution in [1.29, 1.82) is 0 Å². The summed E-state index contributed by atoms with van der Waals surface area (Å²) in [5.41, 5.74) is 13.1. The Balaban J connectivity index is 2.03. The first-order chi connectivity index (χ1) is 9.13. The topological polar surface area (TPSA) is 95.6 Å². The number of fused-ring (bicyclic) bond motifs is 1. The quantitative estimate of drug-likeness (QED) is 0.673. The summed E-state index contributed by atoms with van der Waals surface area (Å²) in [5.74, 6) is -0.198. The molecule has 0 unspecified atom stereocenters. The van der Waals surface area contributed by atoms with Crippen LogP contribution in [0, 0.1) is 5.82 Å². The lowest BCUT2D eigenvalue weighted by molar-refractivity contribution is 0.602. The number of rotatable bonds is 2. The molecule has 0 aliphatic carbocycles. The van der Waals surface area contributed by atoms with E-state index in [2.05, 4.69) is 15.0 Å². The number of nitrogens with two attached hydrogens (primary N) is 2. The third kappa shape index (κ3) is 2.05. The molecular weight excluding hydrogens is 247 g/mol. The molecule has 0 bridgehead atoms. The van der Waals surface area contributed by atoms with Gasteiger partial charge in [-0.3, -0.25) is 0 Å². The Morgan fingerprint density at radius 3 is 2.84 bits per heavy atom. The highest BCUT2D eigenvalue weighted by atomic mass is 19.1. The molecule has 4 N–H and O–H groups in total. The molecule has 0 saturated heterocycles. The molecule has 2 heterocycles. The van der Waals surface area contributed by atoms with Crippen molar-refractivity contribution in [3.8, 4) is 0 Å². The average molecular weight is 258 g/mol. The van der Waals surface area contributed by atoms with Crippen LogP contribution in [0.25, 0.3) is 11.2 Å². The van der Waals surface area contributed by atoms with E-state index in [9.17, 15) is 4.39 Å². The third-order valence-corrected chi connectivity index (χ3v) is 2.79. The number of nitrogen functional groups attached to an aromatic ring is 2. The van der Waals surface area contributed by atoms with E-state index in [0.717, 1.165) is 0 Å². The van der Waals surface area contributed by atoms with Crippen molar-refractivity contribution in [2.45, 2.75) is 6.54 Å². The standard InChI is InChI=1S/C12H11FN6/c13-9-3-8(14)2-1-7(9)5-19-6-17-10-4-16-12(15)18-11(10)19/h1-4,6H,5,14H2,(H2,15,16,18). The summed E-state index contributed by atoms with van der Waals surface area (Å²) in [7, 11) is 0. The lowest BCUT2D eigenvalue weighted by atomic mass is 10.2. The summed E-state index contributed by atoms with van der Waals surface area (Å²) >= 11 is 0. The van der Waals surface area contributed by atoms with Gasteiger partial charge in [-0.15, -0.1) is 0 Å². The minimum absolute atomic E-state index is 0.159. The summed E-state index contributed by atoms with van der Waals surface area (Å²) in [6, 6.07) is 4.58. The zero-order valence-electron chi connectivity index (χ0n) is 9.92. The molecular formula is C12H11FN6. The summed E-state index contributed by atoms with van der Waals surface area (Å²) in [4.78, 5) is 12.1. The molecule has 0 spiro atoms. The third-order valence-electron chi connectivity index (χ3n) is 2.79. The van der Waals surface area contributed by atoms with E-state index in [-0.39, 0.29) is 11.8 Å². The van der Waals surface area contributed by atoms with Crippen LogP contribution in [0.2, 0.25) is 0 Å². The molecule has 0 fully saturated rings. The van der Waals surface area contributed by atoms with Gasteiger partial charge in [0.1, 0.15) is 11.3 Å². The Kier molecular flexibility index (Phi) is 2.52. The van der Waals surface area contributed by atoms with Gasteiger partial charge < -0.3 is 16.0 Å². The van der Waals surface area contributed by atoms with Gasteiger partial charge in [0.15, 0.2) is 5.65 Å². The van der Waals surface area contributed by atoms with Crippen molar-refractivity contribution < 1.29 is 4.39 Å². The van der Waals surface area contributed by atoms with Crippen molar-refractivity contribution in [1.82, 2.24) is 19.5 Å². The van der Waals surface area contributed by atoms with Gasteiger partial charge in [-0.05, 0) is 12.1 Å². The molecule has 19 heavy (non-hydrogen) atoms. The minimum Gasteiger partial charge on any atom is -0.399 e. The zero-order chi connectivity index (χ0) is 13.4. The maximum absolute atomic E-state index is 13.8. The highest BCUT2D eigenvalue weighted by Crippen LogP contribution is 2.16. The minimum atomic E-state index is -0.358. The van der Waals surface area contributed by atoms with E-state index in [1.54, 1.807) is 23.0 Å². The van der Waals surface area contributed by atoms with Crippen molar-refractivity contribution in [3.63, 3.8) is 0 Å². The Bertz CT molecular complexity index is 751. The normalized spacial score (nSPS) is 11.0. The van der Waals surface area contributed by atoms with Crippen LogP contribution in [0.3, 0.4) is 0 Å². The van der Waals surface area contributed by atoms with E-state index in [1.165, 1.54) is 12.3 Å². The number of nitrogens with zero attached hydrogens (tertiary/aromatic N) is 4. The van der Waals surface area contributed by atoms with Crippen molar-refractivity contribution in [3.05, 3.63) is 42.1 Å². The Morgan fingerprint density at radius 2 is 2.05 bits per heavy atom. The number of benzene rings is 1. The molecule has 3 aromatic rings. The molecule has 3 rings (SSSR count). The number of imidazole rings is 1. The van der Waals surface area contributed by atoms with E-state index in [4.69, 9.17) is 11.5 Å². The van der Waals surface area contributed by atoms with Crippen LogP contribution in [0.1, 0.15) is 5.56 Å². The van der Waals surface area contributed by atoms with Gasteiger partial charge in [0, 0.05) is 11.3 Å². The van der Waals surface area contributed by atoms with Gasteiger partial charge in [0.05, 0.1) is 19.1 Å². The van der Waals surface area contributed by atoms with Crippen LogP contribution in [-0.4, -0.2) is 19.5 Å². The van der Waals surface area contributed by atoms with Gasteiger partial charge in [0.25, 0.3) is 0 Å². The fraction of sp³-hybridized carbons (Fsp3) is 0.0833. The molecule has 0 saturated carbocycles. The maximum Gasteiger partial charge on any atom is 0.222 e. The first-order valence-corrected chi connectivity index (χ1v) is 5.61. The average Bonchev–Trinajstić information content (AvgIpc) is 2.75. The SMILES string of the molecule is Nc1ccc(Cn2cnc3cnc(N)nc32)c(F)c1. The van der Waals surface area contributed by atoms with Crippen LogP contribution in [0.4, 0.5) is 16.0 Å². The number of hydrogen-bond acceptors (Lipinski definition) is 5.